The third-order valence-corrected chi connectivity index (χ3v) is 12.7. The van der Waals surface area contributed by atoms with Crippen LogP contribution in [0.3, 0.4) is 0 Å². The van der Waals surface area contributed by atoms with Crippen molar-refractivity contribution in [2.45, 2.75) is 6.16 Å². The molecule has 5 heteroatoms. The topological polar surface area (TPSA) is 43.1 Å². The molecule has 0 radical (unpaired) electrons. The molecule has 0 saturated carbocycles. The van der Waals surface area contributed by atoms with E-state index in [-0.39, 0.29) is 10.6 Å². The Morgan fingerprint density at radius 2 is 1.00 bits per heavy atom. The van der Waals surface area contributed by atoms with E-state index in [9.17, 15) is 10.1 Å². The SMILES string of the molecule is O=[N+]([O-])c1ccc(CP(Cl)(c2ccccc2)(c2ccccc2)c2ccccc2)cc1. The van der Waals surface area contributed by atoms with Crippen molar-refractivity contribution in [1.82, 2.24) is 0 Å². The Morgan fingerprint density at radius 3 is 1.33 bits per heavy atom. The van der Waals surface area contributed by atoms with Crippen LogP contribution in [0.2, 0.25) is 0 Å². The molecule has 4 aromatic carbocycles. The normalized spacial score (nSPS) is 12.6. The molecule has 0 aliphatic heterocycles. The summed E-state index contributed by atoms with van der Waals surface area (Å²) < 4.78 is 0. The van der Waals surface area contributed by atoms with Crippen LogP contribution in [0.4, 0.5) is 5.69 Å². The Hall–Kier alpha value is -3.00. The van der Waals surface area contributed by atoms with E-state index < -0.39 is 5.96 Å². The van der Waals surface area contributed by atoms with E-state index in [2.05, 4.69) is 36.4 Å². The Labute approximate surface area is 180 Å². The van der Waals surface area contributed by atoms with Crippen molar-refractivity contribution >= 4 is 38.8 Å². The third-order valence-electron chi connectivity index (χ3n) is 5.51. The van der Waals surface area contributed by atoms with Crippen molar-refractivity contribution in [3.63, 3.8) is 0 Å². The molecule has 4 aromatic rings. The van der Waals surface area contributed by atoms with Crippen LogP contribution in [-0.4, -0.2) is 4.92 Å². The van der Waals surface area contributed by atoms with Crippen LogP contribution >= 0.6 is 17.2 Å². The molecule has 150 valence electrons. The van der Waals surface area contributed by atoms with Crippen molar-refractivity contribution in [3.8, 4) is 0 Å². The van der Waals surface area contributed by atoms with Crippen molar-refractivity contribution in [1.29, 1.82) is 0 Å². The van der Waals surface area contributed by atoms with Crippen LogP contribution in [0.15, 0.2) is 115 Å². The minimum atomic E-state index is -3.42. The first-order chi connectivity index (χ1) is 14.5. The van der Waals surface area contributed by atoms with E-state index in [1.807, 2.05) is 66.7 Å². The minimum absolute atomic E-state index is 0.0766. The van der Waals surface area contributed by atoms with Gasteiger partial charge in [0.1, 0.15) is 0 Å². The summed E-state index contributed by atoms with van der Waals surface area (Å²) in [6.07, 6.45) is 0.559. The first kappa shape index (κ1) is 20.3. The van der Waals surface area contributed by atoms with Crippen molar-refractivity contribution < 1.29 is 4.92 Å². The molecule has 0 spiro atoms. The van der Waals surface area contributed by atoms with Gasteiger partial charge in [0.05, 0.1) is 0 Å². The number of halogens is 1. The molecule has 0 N–H and O–H groups in total. The van der Waals surface area contributed by atoms with Gasteiger partial charge in [-0.15, -0.1) is 0 Å². The fraction of sp³-hybridized carbons (Fsp3) is 0.0400. The maximum atomic E-state index is 11.1. The second kappa shape index (κ2) is 8.02. The van der Waals surface area contributed by atoms with E-state index in [4.69, 9.17) is 11.2 Å². The van der Waals surface area contributed by atoms with Crippen molar-refractivity contribution in [3.05, 3.63) is 131 Å². The summed E-state index contributed by atoms with van der Waals surface area (Å²) >= 11 is 8.01. The van der Waals surface area contributed by atoms with Crippen LogP contribution in [0.25, 0.3) is 0 Å². The van der Waals surface area contributed by atoms with Gasteiger partial charge in [0, 0.05) is 0 Å². The Morgan fingerprint density at radius 1 is 0.633 bits per heavy atom. The van der Waals surface area contributed by atoms with Crippen LogP contribution in [0.5, 0.6) is 0 Å². The zero-order chi connectivity index (χ0) is 21.1. The maximum absolute atomic E-state index is 11.1. The quantitative estimate of drug-likeness (QED) is 0.220. The summed E-state index contributed by atoms with van der Waals surface area (Å²) in [7, 11) is 0. The predicted molar refractivity (Wildman–Crippen MR) is 128 cm³/mol. The number of nitro groups is 1. The zero-order valence-corrected chi connectivity index (χ0v) is 17.9. The predicted octanol–water partition coefficient (Wildman–Crippen LogP) is 5.78. The summed E-state index contributed by atoms with van der Waals surface area (Å²) in [6.45, 7) is 0. The van der Waals surface area contributed by atoms with Crippen LogP contribution in [-0.2, 0) is 6.16 Å². The number of hydrogen-bond donors (Lipinski definition) is 0. The third kappa shape index (κ3) is 3.41. The van der Waals surface area contributed by atoms with Gasteiger partial charge in [-0.05, 0) is 0 Å². The molecule has 4 rings (SSSR count). The van der Waals surface area contributed by atoms with Crippen molar-refractivity contribution in [2.75, 3.05) is 0 Å². The standard InChI is InChI=1S/C25H21ClNO2P/c26-30(23-10-4-1-5-11-23,24-12-6-2-7-13-24,25-14-8-3-9-15-25)20-21-16-18-22(19-17-21)27(28)29/h1-19H,20H2. The monoisotopic (exact) mass is 433 g/mol. The molecule has 0 atom stereocenters. The molecule has 0 heterocycles. The van der Waals surface area contributed by atoms with Gasteiger partial charge in [0.15, 0.2) is 0 Å². The van der Waals surface area contributed by atoms with Gasteiger partial charge in [0.2, 0.25) is 0 Å². The fourth-order valence-corrected chi connectivity index (χ4v) is 10.2. The first-order valence-corrected chi connectivity index (χ1v) is 13.0. The number of nitro benzene ring substituents is 1. The second-order valence-corrected chi connectivity index (χ2v) is 13.7. The fourth-order valence-electron chi connectivity index (χ4n) is 4.00. The molecule has 30 heavy (non-hydrogen) atoms. The Bertz CT molecular complexity index is 1050. The molecular formula is C25H21ClNO2P. The molecule has 3 nitrogen and oxygen atoms in total. The summed E-state index contributed by atoms with van der Waals surface area (Å²) in [5.41, 5.74) is 1.04. The van der Waals surface area contributed by atoms with Gasteiger partial charge >= 0.3 is 181 Å². The summed E-state index contributed by atoms with van der Waals surface area (Å²) in [6, 6.07) is 37.3. The van der Waals surface area contributed by atoms with Gasteiger partial charge < -0.3 is 0 Å². The van der Waals surface area contributed by atoms with E-state index in [0.29, 0.717) is 6.16 Å². The van der Waals surface area contributed by atoms with Crippen LogP contribution in [0, 0.1) is 10.1 Å². The summed E-state index contributed by atoms with van der Waals surface area (Å²) in [5.74, 6) is -3.42. The number of hydrogen-bond acceptors (Lipinski definition) is 2. The molecule has 0 bridgehead atoms. The van der Waals surface area contributed by atoms with E-state index in [1.54, 1.807) is 12.1 Å². The van der Waals surface area contributed by atoms with Gasteiger partial charge in [-0.2, -0.15) is 0 Å². The van der Waals surface area contributed by atoms with Gasteiger partial charge in [-0.25, -0.2) is 0 Å². The van der Waals surface area contributed by atoms with E-state index in [0.717, 1.165) is 21.5 Å². The number of nitrogens with zero attached hydrogens (tertiary/aromatic N) is 1. The number of non-ortho nitro benzene ring substituents is 1. The Kier molecular flexibility index (Phi) is 5.42. The molecule has 0 amide bonds. The molecule has 0 aliphatic rings. The second-order valence-electron chi connectivity index (χ2n) is 7.27. The van der Waals surface area contributed by atoms with Gasteiger partial charge in [-0.1, -0.05) is 0 Å². The first-order valence-electron chi connectivity index (χ1n) is 9.65. The molecule has 0 fully saturated rings. The average Bonchev–Trinajstić information content (AvgIpc) is 2.81. The average molecular weight is 434 g/mol. The van der Waals surface area contributed by atoms with Crippen LogP contribution in [0.1, 0.15) is 5.56 Å². The zero-order valence-electron chi connectivity index (χ0n) is 16.3. The molecule has 0 aliphatic carbocycles. The van der Waals surface area contributed by atoms with Crippen molar-refractivity contribution in [2.24, 2.45) is 0 Å². The molecular weight excluding hydrogens is 413 g/mol. The number of rotatable bonds is 6. The molecule has 0 aromatic heterocycles. The number of benzene rings is 4. The van der Waals surface area contributed by atoms with E-state index >= 15 is 0 Å². The van der Waals surface area contributed by atoms with Crippen LogP contribution < -0.4 is 15.9 Å². The van der Waals surface area contributed by atoms with E-state index in [1.165, 1.54) is 0 Å². The molecule has 0 unspecified atom stereocenters. The molecule has 0 saturated heterocycles. The summed E-state index contributed by atoms with van der Waals surface area (Å²) in [4.78, 5) is 10.7. The van der Waals surface area contributed by atoms with Gasteiger partial charge in [-0.3, -0.25) is 0 Å². The summed E-state index contributed by atoms with van der Waals surface area (Å²) in [5, 5.41) is 14.3. The Balaban J connectivity index is 2.02. The van der Waals surface area contributed by atoms with Gasteiger partial charge in [0.25, 0.3) is 0 Å².